The van der Waals surface area contributed by atoms with Gasteiger partial charge in [-0.05, 0) is 18.6 Å². The zero-order valence-corrected chi connectivity index (χ0v) is 11.8. The summed E-state index contributed by atoms with van der Waals surface area (Å²) in [5, 5.41) is 3.16. The first kappa shape index (κ1) is 14.7. The highest BCUT2D eigenvalue weighted by atomic mass is 32.2. The maximum atomic E-state index is 11.6. The Hall–Kier alpha value is -1.34. The van der Waals surface area contributed by atoms with Gasteiger partial charge in [0.05, 0.1) is 11.9 Å². The minimum atomic E-state index is -3.46. The van der Waals surface area contributed by atoms with Crippen molar-refractivity contribution >= 4 is 21.7 Å². The molecule has 1 aromatic rings. The van der Waals surface area contributed by atoms with Crippen molar-refractivity contribution in [3.05, 3.63) is 18.3 Å². The van der Waals surface area contributed by atoms with Gasteiger partial charge in [-0.15, -0.1) is 0 Å². The molecule has 0 radical (unpaired) electrons. The Morgan fingerprint density at radius 3 is 2.56 bits per heavy atom. The lowest BCUT2D eigenvalue weighted by atomic mass is 10.3. The quantitative estimate of drug-likeness (QED) is 0.738. The third kappa shape index (κ3) is 4.50. The second kappa shape index (κ2) is 6.55. The number of unbranched alkanes of at least 4 members (excludes halogenated alkanes) is 1. The number of rotatable bonds is 7. The third-order valence-electron chi connectivity index (χ3n) is 2.33. The Bertz CT molecular complexity index is 456. The fourth-order valence-electron chi connectivity index (χ4n) is 1.19. The summed E-state index contributed by atoms with van der Waals surface area (Å²) in [4.78, 5) is 4.14. The van der Waals surface area contributed by atoms with Crippen molar-refractivity contribution in [3.8, 4) is 0 Å². The second-order valence-electron chi connectivity index (χ2n) is 4.10. The molecule has 1 heterocycles. The molecule has 6 nitrogen and oxygen atoms in total. The van der Waals surface area contributed by atoms with E-state index in [1.165, 1.54) is 20.3 Å². The summed E-state index contributed by atoms with van der Waals surface area (Å²) >= 11 is 0. The van der Waals surface area contributed by atoms with Gasteiger partial charge in [-0.2, -0.15) is 12.7 Å². The van der Waals surface area contributed by atoms with Crippen LogP contribution in [0.4, 0.5) is 11.5 Å². The van der Waals surface area contributed by atoms with Gasteiger partial charge in [0.1, 0.15) is 5.82 Å². The summed E-state index contributed by atoms with van der Waals surface area (Å²) in [7, 11) is -0.525. The number of anilines is 2. The molecular weight excluding hydrogens is 252 g/mol. The summed E-state index contributed by atoms with van der Waals surface area (Å²) in [6.45, 7) is 2.99. The SMILES string of the molecule is CCCCNc1ccc(NS(=O)(=O)N(C)C)cn1. The van der Waals surface area contributed by atoms with E-state index in [1.807, 2.05) is 0 Å². The molecule has 0 saturated heterocycles. The van der Waals surface area contributed by atoms with E-state index in [0.29, 0.717) is 5.69 Å². The first-order valence-electron chi connectivity index (χ1n) is 5.86. The molecule has 0 aliphatic heterocycles. The Morgan fingerprint density at radius 1 is 1.33 bits per heavy atom. The minimum Gasteiger partial charge on any atom is -0.370 e. The van der Waals surface area contributed by atoms with E-state index in [1.54, 1.807) is 12.1 Å². The van der Waals surface area contributed by atoms with Crippen LogP contribution in [0.15, 0.2) is 18.3 Å². The van der Waals surface area contributed by atoms with E-state index in [9.17, 15) is 8.42 Å². The molecule has 0 aliphatic rings. The molecule has 0 aromatic carbocycles. The number of nitrogens with zero attached hydrogens (tertiary/aromatic N) is 2. The van der Waals surface area contributed by atoms with Gasteiger partial charge in [0.25, 0.3) is 0 Å². The molecule has 18 heavy (non-hydrogen) atoms. The predicted molar refractivity (Wildman–Crippen MR) is 73.9 cm³/mol. The first-order chi connectivity index (χ1) is 8.45. The van der Waals surface area contributed by atoms with Crippen molar-refractivity contribution in [2.45, 2.75) is 19.8 Å². The molecule has 7 heteroatoms. The Labute approximate surface area is 109 Å². The fourth-order valence-corrected chi connectivity index (χ4v) is 1.79. The van der Waals surface area contributed by atoms with Crippen LogP contribution in [0.25, 0.3) is 0 Å². The van der Waals surface area contributed by atoms with Crippen molar-refractivity contribution in [1.29, 1.82) is 0 Å². The summed E-state index contributed by atoms with van der Waals surface area (Å²) < 4.78 is 26.7. The van der Waals surface area contributed by atoms with Crippen LogP contribution in [0, 0.1) is 0 Å². The number of hydrogen-bond donors (Lipinski definition) is 2. The molecule has 0 fully saturated rings. The topological polar surface area (TPSA) is 74.3 Å². The van der Waals surface area contributed by atoms with E-state index in [4.69, 9.17) is 0 Å². The van der Waals surface area contributed by atoms with Crippen LogP contribution < -0.4 is 10.0 Å². The van der Waals surface area contributed by atoms with E-state index in [0.717, 1.165) is 29.5 Å². The number of aromatic nitrogens is 1. The molecular formula is C11H20N4O2S. The summed E-state index contributed by atoms with van der Waals surface area (Å²) in [5.41, 5.74) is 0.449. The highest BCUT2D eigenvalue weighted by Crippen LogP contribution is 2.12. The van der Waals surface area contributed by atoms with Crippen molar-refractivity contribution in [2.24, 2.45) is 0 Å². The van der Waals surface area contributed by atoms with Crippen LogP contribution in [0.3, 0.4) is 0 Å². The average molecular weight is 272 g/mol. The van der Waals surface area contributed by atoms with Gasteiger partial charge >= 0.3 is 10.2 Å². The average Bonchev–Trinajstić information content (AvgIpc) is 2.31. The van der Waals surface area contributed by atoms with Crippen LogP contribution in [-0.2, 0) is 10.2 Å². The second-order valence-corrected chi connectivity index (χ2v) is 5.99. The van der Waals surface area contributed by atoms with Crippen molar-refractivity contribution in [2.75, 3.05) is 30.7 Å². The van der Waals surface area contributed by atoms with Gasteiger partial charge in [0.2, 0.25) is 0 Å². The molecule has 0 bridgehead atoms. The maximum absolute atomic E-state index is 11.6. The van der Waals surface area contributed by atoms with Crippen molar-refractivity contribution < 1.29 is 8.42 Å². The summed E-state index contributed by atoms with van der Waals surface area (Å²) in [5.74, 6) is 0.747. The normalized spacial score (nSPS) is 11.6. The molecule has 102 valence electrons. The molecule has 1 aromatic heterocycles. The van der Waals surface area contributed by atoms with Gasteiger partial charge < -0.3 is 5.32 Å². The number of nitrogens with one attached hydrogen (secondary N) is 2. The largest absolute Gasteiger partial charge is 0.370 e. The lowest BCUT2D eigenvalue weighted by Crippen LogP contribution is -2.28. The Kier molecular flexibility index (Phi) is 5.36. The fraction of sp³-hybridized carbons (Fsp3) is 0.545. The molecule has 0 aliphatic carbocycles. The smallest absolute Gasteiger partial charge is 0.301 e. The monoisotopic (exact) mass is 272 g/mol. The van der Waals surface area contributed by atoms with Gasteiger partial charge in [0, 0.05) is 20.6 Å². The first-order valence-corrected chi connectivity index (χ1v) is 7.30. The summed E-state index contributed by atoms with van der Waals surface area (Å²) in [6.07, 6.45) is 3.69. The highest BCUT2D eigenvalue weighted by Gasteiger charge is 2.12. The number of pyridine rings is 1. The van der Waals surface area contributed by atoms with Gasteiger partial charge in [-0.1, -0.05) is 13.3 Å². The van der Waals surface area contributed by atoms with Crippen LogP contribution >= 0.6 is 0 Å². The van der Waals surface area contributed by atoms with Gasteiger partial charge in [0.15, 0.2) is 0 Å². The van der Waals surface area contributed by atoms with Crippen molar-refractivity contribution in [1.82, 2.24) is 9.29 Å². The van der Waals surface area contributed by atoms with Gasteiger partial charge in [-0.25, -0.2) is 4.98 Å². The predicted octanol–water partition coefficient (Wildman–Crippen LogP) is 1.51. The third-order valence-corrected chi connectivity index (χ3v) is 3.78. The maximum Gasteiger partial charge on any atom is 0.301 e. The molecule has 0 amide bonds. The molecule has 0 saturated carbocycles. The van der Waals surface area contributed by atoms with Crippen molar-refractivity contribution in [3.63, 3.8) is 0 Å². The van der Waals surface area contributed by atoms with Crippen LogP contribution in [-0.4, -0.2) is 38.3 Å². The standard InChI is InChI=1S/C11H20N4O2S/c1-4-5-8-12-11-7-6-10(9-13-11)14-18(16,17)15(2)3/h6-7,9,14H,4-5,8H2,1-3H3,(H,12,13). The zero-order valence-electron chi connectivity index (χ0n) is 11.0. The molecule has 0 unspecified atom stereocenters. The summed E-state index contributed by atoms with van der Waals surface area (Å²) in [6, 6.07) is 3.44. The van der Waals surface area contributed by atoms with Crippen LogP contribution in [0.2, 0.25) is 0 Å². The minimum absolute atomic E-state index is 0.449. The number of hydrogen-bond acceptors (Lipinski definition) is 4. The Morgan fingerprint density at radius 2 is 2.06 bits per heavy atom. The lowest BCUT2D eigenvalue weighted by molar-refractivity contribution is 0.527. The molecule has 1 rings (SSSR count). The molecule has 2 N–H and O–H groups in total. The van der Waals surface area contributed by atoms with Crippen LogP contribution in [0.1, 0.15) is 19.8 Å². The lowest BCUT2D eigenvalue weighted by Gasteiger charge is -2.13. The highest BCUT2D eigenvalue weighted by molar-refractivity contribution is 7.90. The van der Waals surface area contributed by atoms with Gasteiger partial charge in [-0.3, -0.25) is 4.72 Å². The van der Waals surface area contributed by atoms with E-state index < -0.39 is 10.2 Å². The van der Waals surface area contributed by atoms with E-state index >= 15 is 0 Å². The van der Waals surface area contributed by atoms with Crippen LogP contribution in [0.5, 0.6) is 0 Å². The van der Waals surface area contributed by atoms with E-state index in [-0.39, 0.29) is 0 Å². The molecule has 0 atom stereocenters. The Balaban J connectivity index is 2.61. The zero-order chi connectivity index (χ0) is 13.6. The molecule has 0 spiro atoms. The van der Waals surface area contributed by atoms with E-state index in [2.05, 4.69) is 21.9 Å².